The van der Waals surface area contributed by atoms with E-state index in [1.807, 2.05) is 6.08 Å². The predicted octanol–water partition coefficient (Wildman–Crippen LogP) is 4.65. The van der Waals surface area contributed by atoms with E-state index in [-0.39, 0.29) is 5.25 Å². The van der Waals surface area contributed by atoms with Crippen molar-refractivity contribution >= 4 is 27.6 Å². The molecule has 0 bridgehead atoms. The highest BCUT2D eigenvalue weighted by atomic mass is 32.2. The van der Waals surface area contributed by atoms with Gasteiger partial charge in [-0.1, -0.05) is 44.2 Å². The molecule has 0 aromatic heterocycles. The molecule has 0 aliphatic carbocycles. The fraction of sp³-hybridized carbons (Fsp3) is 0.263. The van der Waals surface area contributed by atoms with Gasteiger partial charge in [-0.2, -0.15) is 0 Å². The van der Waals surface area contributed by atoms with Crippen molar-refractivity contribution in [2.75, 3.05) is 0 Å². The topological polar surface area (TPSA) is 17.1 Å². The molecule has 0 fully saturated rings. The zero-order chi connectivity index (χ0) is 15.0. The van der Waals surface area contributed by atoms with E-state index in [4.69, 9.17) is 0 Å². The van der Waals surface area contributed by atoms with Crippen molar-refractivity contribution in [3.63, 3.8) is 0 Å². The number of hydrogen-bond acceptors (Lipinski definition) is 1. The summed E-state index contributed by atoms with van der Waals surface area (Å²) >= 11 is 0. The summed E-state index contributed by atoms with van der Waals surface area (Å²) in [5.74, 6) is 0. The lowest BCUT2D eigenvalue weighted by Crippen LogP contribution is -2.13. The van der Waals surface area contributed by atoms with Crippen LogP contribution < -0.4 is 0 Å². The lowest BCUT2D eigenvalue weighted by molar-refractivity contribution is 0.681. The van der Waals surface area contributed by atoms with Crippen molar-refractivity contribution in [1.29, 1.82) is 0 Å². The Kier molecular flexibility index (Phi) is 3.81. The second-order valence-corrected chi connectivity index (χ2v) is 7.01. The van der Waals surface area contributed by atoms with Gasteiger partial charge in [0.15, 0.2) is 0 Å². The van der Waals surface area contributed by atoms with Crippen molar-refractivity contribution in [3.8, 4) is 0 Å². The number of fused-ring (bicyclic) bond motifs is 2. The zero-order valence-electron chi connectivity index (χ0n) is 12.6. The Morgan fingerprint density at radius 2 is 2.00 bits per heavy atom. The molecule has 2 heteroatoms. The van der Waals surface area contributed by atoms with Gasteiger partial charge >= 0.3 is 0 Å². The summed E-state index contributed by atoms with van der Waals surface area (Å²) < 4.78 is 12.6. The number of benzene rings is 2. The molecular weight excluding hydrogens is 276 g/mol. The van der Waals surface area contributed by atoms with Crippen LogP contribution in [0.3, 0.4) is 0 Å². The van der Waals surface area contributed by atoms with Crippen LogP contribution in [-0.4, -0.2) is 9.46 Å². The minimum absolute atomic E-state index is 0.0741. The molecule has 1 nitrogen and oxygen atoms in total. The number of rotatable bonds is 3. The third-order valence-corrected chi connectivity index (χ3v) is 5.81. The summed E-state index contributed by atoms with van der Waals surface area (Å²) in [6, 6.07) is 8.83. The lowest BCUT2D eigenvalue weighted by Gasteiger charge is -2.18. The van der Waals surface area contributed by atoms with Crippen LogP contribution in [0.5, 0.6) is 0 Å². The summed E-state index contributed by atoms with van der Waals surface area (Å²) in [4.78, 5) is 0.935. The minimum atomic E-state index is -1.03. The number of aryl methyl sites for hydroxylation is 2. The molecule has 3 rings (SSSR count). The maximum atomic E-state index is 12.6. The molecule has 1 aliphatic rings. The van der Waals surface area contributed by atoms with E-state index >= 15 is 0 Å². The Hall–Kier alpha value is -1.67. The van der Waals surface area contributed by atoms with E-state index < -0.39 is 10.8 Å². The summed E-state index contributed by atoms with van der Waals surface area (Å²) in [7, 11) is -1.03. The molecule has 0 N–H and O–H groups in total. The molecular formula is C19H20OS. The Bertz CT molecular complexity index is 771. The van der Waals surface area contributed by atoms with Gasteiger partial charge in [0.25, 0.3) is 0 Å². The normalized spacial score (nSPS) is 20.5. The third kappa shape index (κ3) is 2.38. The fourth-order valence-electron chi connectivity index (χ4n) is 2.94. The standard InChI is InChI=1S/C19H20OS/c1-4-13-9-14(5-2)18-11-15-7-8-17(6-3)21(20)19(15)12-16(18)10-13/h6-12,17H,3-5H2,1-2H3. The van der Waals surface area contributed by atoms with Gasteiger partial charge in [0, 0.05) is 4.90 Å². The van der Waals surface area contributed by atoms with Crippen molar-refractivity contribution in [3.05, 3.63) is 59.7 Å². The quantitative estimate of drug-likeness (QED) is 0.753. The van der Waals surface area contributed by atoms with Crippen LogP contribution in [0.15, 0.2) is 47.9 Å². The Morgan fingerprint density at radius 3 is 2.67 bits per heavy atom. The highest BCUT2D eigenvalue weighted by Crippen LogP contribution is 2.32. The maximum absolute atomic E-state index is 12.6. The Labute approximate surface area is 128 Å². The van der Waals surface area contributed by atoms with E-state index in [0.717, 1.165) is 23.3 Å². The average Bonchev–Trinajstić information content (AvgIpc) is 2.52. The molecule has 0 amide bonds. The summed E-state index contributed by atoms with van der Waals surface area (Å²) in [6.45, 7) is 8.14. The molecule has 0 radical (unpaired) electrons. The van der Waals surface area contributed by atoms with Gasteiger partial charge in [0.05, 0.1) is 16.0 Å². The van der Waals surface area contributed by atoms with Gasteiger partial charge in [-0.05, 0) is 52.4 Å². The van der Waals surface area contributed by atoms with Crippen molar-refractivity contribution < 1.29 is 4.21 Å². The highest BCUT2D eigenvalue weighted by Gasteiger charge is 2.20. The monoisotopic (exact) mass is 296 g/mol. The molecule has 2 aromatic carbocycles. The third-order valence-electron chi connectivity index (χ3n) is 4.18. The summed E-state index contributed by atoms with van der Waals surface area (Å²) in [5.41, 5.74) is 3.80. The maximum Gasteiger partial charge on any atom is 0.0756 e. The second-order valence-electron chi connectivity index (χ2n) is 5.43. The Morgan fingerprint density at radius 1 is 1.19 bits per heavy atom. The predicted molar refractivity (Wildman–Crippen MR) is 92.1 cm³/mol. The SMILES string of the molecule is C=CC1C=Cc2cc3c(CC)cc(CC)cc3cc2S1=O. The van der Waals surface area contributed by atoms with E-state index in [1.54, 1.807) is 6.08 Å². The average molecular weight is 296 g/mol. The first-order chi connectivity index (χ1) is 10.2. The summed E-state index contributed by atoms with van der Waals surface area (Å²) in [5, 5.41) is 2.42. The Balaban J connectivity index is 2.28. The first-order valence-electron chi connectivity index (χ1n) is 7.48. The van der Waals surface area contributed by atoms with Crippen LogP contribution in [-0.2, 0) is 23.6 Å². The molecule has 0 spiro atoms. The fourth-order valence-corrected chi connectivity index (χ4v) is 4.23. The first kappa shape index (κ1) is 14.3. The van der Waals surface area contributed by atoms with Gasteiger partial charge in [-0.15, -0.1) is 6.58 Å². The van der Waals surface area contributed by atoms with Gasteiger partial charge in [0.1, 0.15) is 0 Å². The largest absolute Gasteiger partial charge is 0.253 e. The molecule has 21 heavy (non-hydrogen) atoms. The molecule has 2 unspecified atom stereocenters. The molecule has 2 atom stereocenters. The van der Waals surface area contributed by atoms with Crippen molar-refractivity contribution in [2.24, 2.45) is 0 Å². The van der Waals surface area contributed by atoms with Crippen molar-refractivity contribution in [2.45, 2.75) is 36.8 Å². The smallest absolute Gasteiger partial charge is 0.0756 e. The summed E-state index contributed by atoms with van der Waals surface area (Å²) in [6.07, 6.45) is 7.88. The molecule has 108 valence electrons. The van der Waals surface area contributed by atoms with E-state index in [9.17, 15) is 4.21 Å². The first-order valence-corrected chi connectivity index (χ1v) is 8.70. The number of hydrogen-bond donors (Lipinski definition) is 0. The van der Waals surface area contributed by atoms with Gasteiger partial charge in [-0.3, -0.25) is 4.21 Å². The zero-order valence-corrected chi connectivity index (χ0v) is 13.4. The van der Waals surface area contributed by atoms with Crippen LogP contribution in [0.4, 0.5) is 0 Å². The van der Waals surface area contributed by atoms with Crippen LogP contribution in [0.2, 0.25) is 0 Å². The van der Waals surface area contributed by atoms with Gasteiger partial charge < -0.3 is 0 Å². The van der Waals surface area contributed by atoms with Crippen LogP contribution in [0, 0.1) is 0 Å². The van der Waals surface area contributed by atoms with Crippen molar-refractivity contribution in [1.82, 2.24) is 0 Å². The van der Waals surface area contributed by atoms with Crippen LogP contribution in [0.25, 0.3) is 16.8 Å². The molecule has 0 saturated carbocycles. The highest BCUT2D eigenvalue weighted by molar-refractivity contribution is 7.86. The molecule has 2 aromatic rings. The van der Waals surface area contributed by atoms with E-state index in [2.05, 4.69) is 50.8 Å². The van der Waals surface area contributed by atoms with E-state index in [1.165, 1.54) is 21.9 Å². The minimum Gasteiger partial charge on any atom is -0.253 e. The van der Waals surface area contributed by atoms with Gasteiger partial charge in [-0.25, -0.2) is 0 Å². The van der Waals surface area contributed by atoms with Crippen LogP contribution >= 0.6 is 0 Å². The van der Waals surface area contributed by atoms with E-state index in [0.29, 0.717) is 0 Å². The lowest BCUT2D eigenvalue weighted by atomic mass is 9.96. The molecule has 1 aliphatic heterocycles. The second kappa shape index (κ2) is 5.61. The molecule has 1 heterocycles. The van der Waals surface area contributed by atoms with Crippen LogP contribution in [0.1, 0.15) is 30.5 Å². The van der Waals surface area contributed by atoms with Gasteiger partial charge in [0.2, 0.25) is 0 Å². The molecule has 0 saturated heterocycles.